The summed E-state index contributed by atoms with van der Waals surface area (Å²) in [7, 11) is 0. The van der Waals surface area contributed by atoms with Crippen molar-refractivity contribution in [3.05, 3.63) is 23.3 Å². The van der Waals surface area contributed by atoms with Gasteiger partial charge in [-0.15, -0.1) is 0 Å². The van der Waals surface area contributed by atoms with Crippen LogP contribution in [0.15, 0.2) is 17.3 Å². The largest absolute Gasteiger partial charge is 0.493 e. The van der Waals surface area contributed by atoms with Crippen molar-refractivity contribution in [2.45, 2.75) is 26.4 Å². The van der Waals surface area contributed by atoms with Gasteiger partial charge in [-0.2, -0.15) is 0 Å². The predicted molar refractivity (Wildman–Crippen MR) is 72.6 cm³/mol. The van der Waals surface area contributed by atoms with Gasteiger partial charge in [-0.3, -0.25) is 0 Å². The minimum atomic E-state index is -1.07. The molecule has 2 rings (SSSR count). The Kier molecular flexibility index (Phi) is 4.45. The average molecular weight is 279 g/mol. The van der Waals surface area contributed by atoms with Gasteiger partial charge in [0.25, 0.3) is 0 Å². The molecule has 0 radical (unpaired) electrons. The standard InChI is InChI=1S/C14H17NO5/c1-3-18-12-5-10-4-9(2)20-13(10)6-11(12)7-15-19-8-14(16)17/h5-7,9H,3-4,8H2,1-2H3,(H,16,17). The number of carboxylic acid groups (broad SMARTS) is 1. The number of aliphatic carboxylic acids is 1. The van der Waals surface area contributed by atoms with E-state index in [0.717, 1.165) is 17.7 Å². The molecule has 0 spiro atoms. The van der Waals surface area contributed by atoms with Crippen LogP contribution in [0.1, 0.15) is 25.0 Å². The number of ether oxygens (including phenoxy) is 2. The molecule has 0 bridgehead atoms. The molecule has 0 fully saturated rings. The minimum Gasteiger partial charge on any atom is -0.493 e. The topological polar surface area (TPSA) is 77.4 Å². The number of hydrogen-bond acceptors (Lipinski definition) is 5. The lowest BCUT2D eigenvalue weighted by atomic mass is 10.1. The lowest BCUT2D eigenvalue weighted by Crippen LogP contribution is -2.05. The summed E-state index contributed by atoms with van der Waals surface area (Å²) >= 11 is 0. The molecule has 1 aromatic rings. The van der Waals surface area contributed by atoms with Crippen molar-refractivity contribution in [3.8, 4) is 11.5 Å². The van der Waals surface area contributed by atoms with E-state index in [1.165, 1.54) is 6.21 Å². The minimum absolute atomic E-state index is 0.148. The summed E-state index contributed by atoms with van der Waals surface area (Å²) in [5.41, 5.74) is 1.80. The Hall–Kier alpha value is -2.24. The second-order valence-electron chi connectivity index (χ2n) is 4.47. The Morgan fingerprint density at radius 1 is 1.60 bits per heavy atom. The van der Waals surface area contributed by atoms with Crippen LogP contribution in [-0.2, 0) is 16.1 Å². The van der Waals surface area contributed by atoms with Crippen LogP contribution in [0.25, 0.3) is 0 Å². The van der Waals surface area contributed by atoms with Crippen molar-refractivity contribution in [2.75, 3.05) is 13.2 Å². The van der Waals surface area contributed by atoms with Crippen LogP contribution in [-0.4, -0.2) is 36.6 Å². The molecule has 0 saturated carbocycles. The molecule has 1 atom stereocenters. The summed E-state index contributed by atoms with van der Waals surface area (Å²) in [5.74, 6) is 0.422. The van der Waals surface area contributed by atoms with Gasteiger partial charge < -0.3 is 19.4 Å². The first-order valence-corrected chi connectivity index (χ1v) is 6.43. The fourth-order valence-corrected chi connectivity index (χ4v) is 2.02. The van der Waals surface area contributed by atoms with E-state index in [1.54, 1.807) is 0 Å². The van der Waals surface area contributed by atoms with Crippen LogP contribution in [0.5, 0.6) is 11.5 Å². The number of fused-ring (bicyclic) bond motifs is 1. The summed E-state index contributed by atoms with van der Waals surface area (Å²) in [5, 5.41) is 12.1. The van der Waals surface area contributed by atoms with E-state index in [4.69, 9.17) is 14.6 Å². The molecular weight excluding hydrogens is 262 g/mol. The predicted octanol–water partition coefficient (Wildman–Crippen LogP) is 1.84. The van der Waals surface area contributed by atoms with Gasteiger partial charge in [0.1, 0.15) is 17.6 Å². The number of hydrogen-bond donors (Lipinski definition) is 1. The van der Waals surface area contributed by atoms with Crippen LogP contribution in [0, 0.1) is 0 Å². The van der Waals surface area contributed by atoms with E-state index < -0.39 is 12.6 Å². The molecule has 0 saturated heterocycles. The highest BCUT2D eigenvalue weighted by Gasteiger charge is 2.21. The number of rotatable bonds is 6. The summed E-state index contributed by atoms with van der Waals surface area (Å²) in [4.78, 5) is 15.0. The van der Waals surface area contributed by atoms with Crippen molar-refractivity contribution < 1.29 is 24.2 Å². The molecule has 1 N–H and O–H groups in total. The van der Waals surface area contributed by atoms with Crippen molar-refractivity contribution in [3.63, 3.8) is 0 Å². The fourth-order valence-electron chi connectivity index (χ4n) is 2.02. The third kappa shape index (κ3) is 3.40. The lowest BCUT2D eigenvalue weighted by molar-refractivity contribution is -0.142. The zero-order chi connectivity index (χ0) is 14.5. The summed E-state index contributed by atoms with van der Waals surface area (Å²) in [6.07, 6.45) is 2.43. The molecule has 1 heterocycles. The second kappa shape index (κ2) is 6.27. The van der Waals surface area contributed by atoms with Gasteiger partial charge in [0.05, 0.1) is 12.8 Å². The zero-order valence-electron chi connectivity index (χ0n) is 11.5. The maximum Gasteiger partial charge on any atom is 0.344 e. The molecule has 20 heavy (non-hydrogen) atoms. The third-order valence-corrected chi connectivity index (χ3v) is 2.78. The van der Waals surface area contributed by atoms with E-state index in [2.05, 4.69) is 9.99 Å². The summed E-state index contributed by atoms with van der Waals surface area (Å²) < 4.78 is 11.2. The number of benzene rings is 1. The lowest BCUT2D eigenvalue weighted by Gasteiger charge is -2.09. The highest BCUT2D eigenvalue weighted by Crippen LogP contribution is 2.34. The van der Waals surface area contributed by atoms with Crippen LogP contribution in [0.3, 0.4) is 0 Å². The van der Waals surface area contributed by atoms with E-state index in [1.807, 2.05) is 26.0 Å². The Bertz CT molecular complexity index is 527. The molecule has 1 unspecified atom stereocenters. The van der Waals surface area contributed by atoms with Gasteiger partial charge >= 0.3 is 5.97 Å². The quantitative estimate of drug-likeness (QED) is 0.635. The van der Waals surface area contributed by atoms with E-state index >= 15 is 0 Å². The molecule has 6 heteroatoms. The molecular formula is C14H17NO5. The van der Waals surface area contributed by atoms with Gasteiger partial charge in [-0.1, -0.05) is 5.16 Å². The maximum atomic E-state index is 10.3. The molecule has 0 amide bonds. The Morgan fingerprint density at radius 2 is 2.40 bits per heavy atom. The molecule has 0 aromatic heterocycles. The van der Waals surface area contributed by atoms with Crippen molar-refractivity contribution in [2.24, 2.45) is 5.16 Å². The third-order valence-electron chi connectivity index (χ3n) is 2.78. The van der Waals surface area contributed by atoms with E-state index in [0.29, 0.717) is 17.9 Å². The maximum absolute atomic E-state index is 10.3. The van der Waals surface area contributed by atoms with Gasteiger partial charge in [0, 0.05) is 17.5 Å². The number of carbonyl (C=O) groups is 1. The number of nitrogens with zero attached hydrogens (tertiary/aromatic N) is 1. The zero-order valence-corrected chi connectivity index (χ0v) is 11.5. The fraction of sp³-hybridized carbons (Fsp3) is 0.429. The smallest absolute Gasteiger partial charge is 0.344 e. The monoisotopic (exact) mass is 279 g/mol. The molecule has 1 aliphatic heterocycles. The SMILES string of the molecule is CCOc1cc2c(cc1C=NOCC(=O)O)OC(C)C2. The summed E-state index contributed by atoms with van der Waals surface area (Å²) in [6.45, 7) is 3.96. The first-order valence-electron chi connectivity index (χ1n) is 6.43. The Balaban J connectivity index is 2.18. The van der Waals surface area contributed by atoms with Crippen molar-refractivity contribution >= 4 is 12.2 Å². The van der Waals surface area contributed by atoms with Gasteiger partial charge in [0.2, 0.25) is 6.61 Å². The molecule has 108 valence electrons. The number of carboxylic acids is 1. The Labute approximate surface area is 116 Å². The van der Waals surface area contributed by atoms with Crippen molar-refractivity contribution in [1.29, 1.82) is 0 Å². The van der Waals surface area contributed by atoms with E-state index in [9.17, 15) is 4.79 Å². The Morgan fingerprint density at radius 3 is 3.10 bits per heavy atom. The molecule has 1 aromatic carbocycles. The molecule has 1 aliphatic rings. The highest BCUT2D eigenvalue weighted by atomic mass is 16.6. The van der Waals surface area contributed by atoms with Gasteiger partial charge in [-0.05, 0) is 26.0 Å². The highest BCUT2D eigenvalue weighted by molar-refractivity contribution is 5.84. The normalized spacial score (nSPS) is 16.8. The average Bonchev–Trinajstić information content (AvgIpc) is 2.74. The van der Waals surface area contributed by atoms with E-state index in [-0.39, 0.29) is 6.10 Å². The van der Waals surface area contributed by atoms with Gasteiger partial charge in [-0.25, -0.2) is 4.79 Å². The first-order chi connectivity index (χ1) is 9.60. The summed E-state index contributed by atoms with van der Waals surface area (Å²) in [6, 6.07) is 3.76. The number of oxime groups is 1. The first kappa shape index (κ1) is 14.2. The van der Waals surface area contributed by atoms with Gasteiger partial charge in [0.15, 0.2) is 0 Å². The van der Waals surface area contributed by atoms with Crippen LogP contribution in [0.2, 0.25) is 0 Å². The van der Waals surface area contributed by atoms with Crippen molar-refractivity contribution in [1.82, 2.24) is 0 Å². The van der Waals surface area contributed by atoms with Crippen LogP contribution >= 0.6 is 0 Å². The molecule has 6 nitrogen and oxygen atoms in total. The second-order valence-corrected chi connectivity index (χ2v) is 4.47. The molecule has 0 aliphatic carbocycles. The van der Waals surface area contributed by atoms with Crippen LogP contribution < -0.4 is 9.47 Å². The van der Waals surface area contributed by atoms with Crippen LogP contribution in [0.4, 0.5) is 0 Å².